The van der Waals surface area contributed by atoms with E-state index in [1.54, 1.807) is 6.07 Å². The third kappa shape index (κ3) is 3.05. The standard InChI is InChI=1S/C13H15N3O4S/c17-13-6-20-12-5-11(16(18)19)9(4-10(12)15-13)14-8-2-1-3-21-7-8/h4-5,8,14H,1-3,6-7H2,(H,15,17). The van der Waals surface area contributed by atoms with Crippen molar-refractivity contribution in [2.75, 3.05) is 28.7 Å². The van der Waals surface area contributed by atoms with E-state index in [9.17, 15) is 14.9 Å². The maximum Gasteiger partial charge on any atom is 0.296 e. The molecule has 1 aromatic carbocycles. The van der Waals surface area contributed by atoms with E-state index in [-0.39, 0.29) is 24.2 Å². The maximum atomic E-state index is 11.4. The zero-order valence-corrected chi connectivity index (χ0v) is 12.1. The molecule has 112 valence electrons. The van der Waals surface area contributed by atoms with Gasteiger partial charge in [-0.25, -0.2) is 0 Å². The largest absolute Gasteiger partial charge is 0.481 e. The van der Waals surface area contributed by atoms with Crippen molar-refractivity contribution in [1.29, 1.82) is 0 Å². The van der Waals surface area contributed by atoms with Crippen LogP contribution >= 0.6 is 11.8 Å². The van der Waals surface area contributed by atoms with E-state index in [4.69, 9.17) is 4.74 Å². The lowest BCUT2D eigenvalue weighted by molar-refractivity contribution is -0.384. The molecule has 1 aromatic rings. The number of amides is 1. The van der Waals surface area contributed by atoms with Gasteiger partial charge in [0.05, 0.1) is 16.7 Å². The normalized spacial score (nSPS) is 21.0. The van der Waals surface area contributed by atoms with E-state index in [1.165, 1.54) is 6.07 Å². The lowest BCUT2D eigenvalue weighted by Crippen LogP contribution is -2.28. The molecule has 2 N–H and O–H groups in total. The molecular formula is C13H15N3O4S. The molecule has 1 unspecified atom stereocenters. The summed E-state index contributed by atoms with van der Waals surface area (Å²) in [6.07, 6.45) is 2.09. The van der Waals surface area contributed by atoms with E-state index in [1.807, 2.05) is 11.8 Å². The first-order valence-electron chi connectivity index (χ1n) is 6.73. The Kier molecular flexibility index (Phi) is 3.87. The zero-order chi connectivity index (χ0) is 14.8. The Morgan fingerprint density at radius 3 is 3.05 bits per heavy atom. The van der Waals surface area contributed by atoms with Gasteiger partial charge in [-0.3, -0.25) is 14.9 Å². The highest BCUT2D eigenvalue weighted by Gasteiger charge is 2.25. The highest BCUT2D eigenvalue weighted by atomic mass is 32.2. The number of nitrogens with zero attached hydrogens (tertiary/aromatic N) is 1. The summed E-state index contributed by atoms with van der Waals surface area (Å²) in [5, 5.41) is 17.1. The fourth-order valence-corrected chi connectivity index (χ4v) is 3.53. The van der Waals surface area contributed by atoms with Gasteiger partial charge in [0.15, 0.2) is 12.4 Å². The highest BCUT2D eigenvalue weighted by molar-refractivity contribution is 7.99. The van der Waals surface area contributed by atoms with Crippen LogP contribution in [0.25, 0.3) is 0 Å². The van der Waals surface area contributed by atoms with Gasteiger partial charge in [0, 0.05) is 11.8 Å². The predicted octanol–water partition coefficient (Wildman–Crippen LogP) is 2.23. The molecule has 0 aliphatic carbocycles. The van der Waals surface area contributed by atoms with Gasteiger partial charge in [0.25, 0.3) is 11.6 Å². The quantitative estimate of drug-likeness (QED) is 0.657. The second-order valence-electron chi connectivity index (χ2n) is 5.02. The van der Waals surface area contributed by atoms with Gasteiger partial charge in [-0.15, -0.1) is 0 Å². The topological polar surface area (TPSA) is 93.5 Å². The molecule has 3 rings (SSSR count). The van der Waals surface area contributed by atoms with E-state index in [0.717, 1.165) is 24.3 Å². The van der Waals surface area contributed by atoms with Crippen LogP contribution in [0.1, 0.15) is 12.8 Å². The van der Waals surface area contributed by atoms with E-state index >= 15 is 0 Å². The monoisotopic (exact) mass is 309 g/mol. The summed E-state index contributed by atoms with van der Waals surface area (Å²) in [6, 6.07) is 3.16. The summed E-state index contributed by atoms with van der Waals surface area (Å²) in [6.45, 7) is -0.115. The number of thioether (sulfide) groups is 1. The number of ether oxygens (including phenoxy) is 1. The van der Waals surface area contributed by atoms with Gasteiger partial charge in [-0.05, 0) is 24.7 Å². The molecule has 1 saturated heterocycles. The van der Waals surface area contributed by atoms with Crippen LogP contribution in [-0.4, -0.2) is 35.0 Å². The van der Waals surface area contributed by atoms with Crippen LogP contribution in [0.5, 0.6) is 5.75 Å². The Labute approximate surface area is 125 Å². The molecule has 2 aliphatic heterocycles. The zero-order valence-electron chi connectivity index (χ0n) is 11.3. The molecule has 1 fully saturated rings. The molecule has 2 heterocycles. The fourth-order valence-electron chi connectivity index (χ4n) is 2.46. The summed E-state index contributed by atoms with van der Waals surface area (Å²) in [4.78, 5) is 22.2. The Morgan fingerprint density at radius 1 is 1.48 bits per heavy atom. The smallest absolute Gasteiger partial charge is 0.296 e. The van der Waals surface area contributed by atoms with Gasteiger partial charge in [0.2, 0.25) is 0 Å². The first-order chi connectivity index (χ1) is 10.1. The van der Waals surface area contributed by atoms with E-state index in [2.05, 4.69) is 10.6 Å². The summed E-state index contributed by atoms with van der Waals surface area (Å²) < 4.78 is 5.22. The van der Waals surface area contributed by atoms with Crippen molar-refractivity contribution < 1.29 is 14.5 Å². The third-order valence-electron chi connectivity index (χ3n) is 3.45. The van der Waals surface area contributed by atoms with E-state index in [0.29, 0.717) is 17.1 Å². The van der Waals surface area contributed by atoms with Crippen molar-refractivity contribution >= 4 is 34.7 Å². The number of nitro benzene ring substituents is 1. The molecule has 0 spiro atoms. The second-order valence-corrected chi connectivity index (χ2v) is 6.17. The predicted molar refractivity (Wildman–Crippen MR) is 81.2 cm³/mol. The number of hydrogen-bond acceptors (Lipinski definition) is 6. The van der Waals surface area contributed by atoms with Crippen molar-refractivity contribution in [3.8, 4) is 5.75 Å². The van der Waals surface area contributed by atoms with Gasteiger partial charge in [0.1, 0.15) is 5.69 Å². The molecule has 21 heavy (non-hydrogen) atoms. The number of carbonyl (C=O) groups is 1. The van der Waals surface area contributed by atoms with Gasteiger partial charge >= 0.3 is 0 Å². The summed E-state index contributed by atoms with van der Waals surface area (Å²) in [5.74, 6) is 2.14. The summed E-state index contributed by atoms with van der Waals surface area (Å²) >= 11 is 1.84. The molecule has 0 aromatic heterocycles. The van der Waals surface area contributed by atoms with Crippen LogP contribution in [0.2, 0.25) is 0 Å². The van der Waals surface area contributed by atoms with Gasteiger partial charge in [-0.2, -0.15) is 11.8 Å². The van der Waals surface area contributed by atoms with E-state index < -0.39 is 4.92 Å². The first kappa shape index (κ1) is 14.0. The summed E-state index contributed by atoms with van der Waals surface area (Å²) in [5.41, 5.74) is 0.875. The van der Waals surface area contributed by atoms with Crippen LogP contribution in [0.4, 0.5) is 17.1 Å². The minimum Gasteiger partial charge on any atom is -0.481 e. The number of hydrogen-bond donors (Lipinski definition) is 2. The van der Waals surface area contributed by atoms with Crippen molar-refractivity contribution in [2.24, 2.45) is 0 Å². The van der Waals surface area contributed by atoms with Crippen molar-refractivity contribution in [1.82, 2.24) is 0 Å². The minimum absolute atomic E-state index is 0.0273. The molecule has 1 atom stereocenters. The van der Waals surface area contributed by atoms with Crippen LogP contribution in [0.15, 0.2) is 12.1 Å². The molecule has 7 nitrogen and oxygen atoms in total. The number of carbonyl (C=O) groups excluding carboxylic acids is 1. The SMILES string of the molecule is O=C1COc2cc([N+](=O)[O-])c(NC3CCCSC3)cc2N1. The number of rotatable bonds is 3. The fraction of sp³-hybridized carbons (Fsp3) is 0.462. The molecular weight excluding hydrogens is 294 g/mol. The van der Waals surface area contributed by atoms with Crippen molar-refractivity contribution in [3.05, 3.63) is 22.2 Å². The van der Waals surface area contributed by atoms with Crippen molar-refractivity contribution in [3.63, 3.8) is 0 Å². The number of anilines is 2. The molecule has 0 saturated carbocycles. The lowest BCUT2D eigenvalue weighted by Gasteiger charge is -2.25. The van der Waals surface area contributed by atoms with Crippen LogP contribution < -0.4 is 15.4 Å². The number of fused-ring (bicyclic) bond motifs is 1. The molecule has 8 heteroatoms. The average Bonchev–Trinajstić information content (AvgIpc) is 2.47. The number of nitrogens with one attached hydrogen (secondary N) is 2. The highest BCUT2D eigenvalue weighted by Crippen LogP contribution is 2.38. The molecule has 0 bridgehead atoms. The Bertz CT molecular complexity index is 587. The van der Waals surface area contributed by atoms with Gasteiger partial charge < -0.3 is 15.4 Å². The maximum absolute atomic E-state index is 11.4. The molecule has 2 aliphatic rings. The van der Waals surface area contributed by atoms with Gasteiger partial charge in [-0.1, -0.05) is 0 Å². The van der Waals surface area contributed by atoms with Crippen LogP contribution in [0.3, 0.4) is 0 Å². The minimum atomic E-state index is -0.432. The Hall–Kier alpha value is -1.96. The Balaban J connectivity index is 1.91. The van der Waals surface area contributed by atoms with Crippen molar-refractivity contribution in [2.45, 2.75) is 18.9 Å². The Morgan fingerprint density at radius 2 is 2.33 bits per heavy atom. The first-order valence-corrected chi connectivity index (χ1v) is 7.88. The summed E-state index contributed by atoms with van der Waals surface area (Å²) in [7, 11) is 0. The average molecular weight is 309 g/mol. The number of benzene rings is 1. The van der Waals surface area contributed by atoms with Crippen LogP contribution in [0, 0.1) is 10.1 Å². The second kappa shape index (κ2) is 5.80. The lowest BCUT2D eigenvalue weighted by atomic mass is 10.1. The third-order valence-corrected chi connectivity index (χ3v) is 4.66. The molecule has 1 amide bonds. The van der Waals surface area contributed by atoms with Crippen LogP contribution in [-0.2, 0) is 4.79 Å². The number of nitro groups is 1. The molecule has 0 radical (unpaired) electrons.